The molecule has 4 N–H and O–H groups in total. The minimum Gasteiger partial charge on any atom is -0.399 e. The lowest BCUT2D eigenvalue weighted by Crippen LogP contribution is -2.30. The van der Waals surface area contributed by atoms with Crippen molar-refractivity contribution in [1.82, 2.24) is 5.32 Å². The summed E-state index contributed by atoms with van der Waals surface area (Å²) in [6, 6.07) is 15.2. The maximum Gasteiger partial charge on any atom is 0.319 e. The van der Waals surface area contributed by atoms with Gasteiger partial charge in [-0.2, -0.15) is 0 Å². The van der Waals surface area contributed by atoms with Gasteiger partial charge in [0.1, 0.15) is 0 Å². The molecule has 104 valence electrons. The van der Waals surface area contributed by atoms with Crippen LogP contribution in [0.2, 0.25) is 0 Å². The van der Waals surface area contributed by atoms with Gasteiger partial charge in [0.05, 0.1) is 0 Å². The van der Waals surface area contributed by atoms with E-state index in [0.29, 0.717) is 17.9 Å². The lowest BCUT2D eigenvalue weighted by molar-refractivity contribution is 0.252. The Kier molecular flexibility index (Phi) is 4.60. The van der Waals surface area contributed by atoms with E-state index < -0.39 is 0 Å². The van der Waals surface area contributed by atoms with Crippen LogP contribution in [0, 0.1) is 6.92 Å². The van der Waals surface area contributed by atoms with Crippen LogP contribution in [-0.2, 0) is 6.42 Å². The largest absolute Gasteiger partial charge is 0.399 e. The average molecular weight is 269 g/mol. The predicted molar refractivity (Wildman–Crippen MR) is 82.8 cm³/mol. The highest BCUT2D eigenvalue weighted by Gasteiger charge is 2.01. The quantitative estimate of drug-likeness (QED) is 0.747. The highest BCUT2D eigenvalue weighted by Crippen LogP contribution is 2.11. The van der Waals surface area contributed by atoms with Crippen molar-refractivity contribution in [2.75, 3.05) is 17.6 Å². The average Bonchev–Trinajstić information content (AvgIpc) is 2.38. The molecule has 0 bridgehead atoms. The van der Waals surface area contributed by atoms with Gasteiger partial charge in [0.15, 0.2) is 0 Å². The Morgan fingerprint density at radius 1 is 1.15 bits per heavy atom. The number of carbonyl (C=O) groups excluding carboxylic acids is 1. The van der Waals surface area contributed by atoms with E-state index in [2.05, 4.69) is 35.8 Å². The molecule has 0 fully saturated rings. The Hall–Kier alpha value is -2.49. The summed E-state index contributed by atoms with van der Waals surface area (Å²) in [5.74, 6) is 0. The molecule has 0 heterocycles. The van der Waals surface area contributed by atoms with Gasteiger partial charge < -0.3 is 16.4 Å². The van der Waals surface area contributed by atoms with E-state index in [1.807, 2.05) is 6.07 Å². The Morgan fingerprint density at radius 3 is 2.70 bits per heavy atom. The molecule has 0 saturated carbocycles. The van der Waals surface area contributed by atoms with Crippen LogP contribution in [0.5, 0.6) is 0 Å². The fourth-order valence-electron chi connectivity index (χ4n) is 1.98. The number of urea groups is 1. The standard InChI is InChI=1S/C16H19N3O/c1-12-4-2-5-13(10-12)8-9-18-16(20)19-15-7-3-6-14(17)11-15/h2-7,10-11H,8-9,17H2,1H3,(H2,18,19,20). The molecule has 0 saturated heterocycles. The summed E-state index contributed by atoms with van der Waals surface area (Å²) in [5, 5.41) is 5.58. The lowest BCUT2D eigenvalue weighted by atomic mass is 10.1. The fourth-order valence-corrected chi connectivity index (χ4v) is 1.98. The van der Waals surface area contributed by atoms with Crippen LogP contribution >= 0.6 is 0 Å². The lowest BCUT2D eigenvalue weighted by Gasteiger charge is -2.08. The summed E-state index contributed by atoms with van der Waals surface area (Å²) >= 11 is 0. The SMILES string of the molecule is Cc1cccc(CCNC(=O)Nc2cccc(N)c2)c1. The molecule has 20 heavy (non-hydrogen) atoms. The number of aryl methyl sites for hydroxylation is 1. The second kappa shape index (κ2) is 6.61. The van der Waals surface area contributed by atoms with Crippen molar-refractivity contribution < 1.29 is 4.79 Å². The van der Waals surface area contributed by atoms with Crippen molar-refractivity contribution in [1.29, 1.82) is 0 Å². The second-order valence-corrected chi connectivity index (χ2v) is 4.75. The molecular weight excluding hydrogens is 250 g/mol. The van der Waals surface area contributed by atoms with Gasteiger partial charge in [-0.05, 0) is 37.1 Å². The zero-order chi connectivity index (χ0) is 14.4. The zero-order valence-corrected chi connectivity index (χ0v) is 11.5. The number of hydrogen-bond donors (Lipinski definition) is 3. The Balaban J connectivity index is 1.78. The van der Waals surface area contributed by atoms with Crippen LogP contribution in [0.15, 0.2) is 48.5 Å². The summed E-state index contributed by atoms with van der Waals surface area (Å²) in [5.41, 5.74) is 9.42. The van der Waals surface area contributed by atoms with Crippen LogP contribution in [0.3, 0.4) is 0 Å². The number of amides is 2. The van der Waals surface area contributed by atoms with Crippen LogP contribution in [0.4, 0.5) is 16.2 Å². The number of nitrogens with two attached hydrogens (primary N) is 1. The minimum absolute atomic E-state index is 0.219. The molecule has 2 aromatic rings. The van der Waals surface area contributed by atoms with Crippen molar-refractivity contribution in [2.24, 2.45) is 0 Å². The number of anilines is 2. The molecule has 0 aliphatic heterocycles. The number of benzene rings is 2. The van der Waals surface area contributed by atoms with Crippen LogP contribution in [0.1, 0.15) is 11.1 Å². The molecule has 0 spiro atoms. The first-order valence-corrected chi connectivity index (χ1v) is 6.59. The maximum atomic E-state index is 11.7. The molecule has 2 rings (SSSR count). The van der Waals surface area contributed by atoms with Gasteiger partial charge in [-0.15, -0.1) is 0 Å². The number of nitrogen functional groups attached to an aromatic ring is 1. The fraction of sp³-hybridized carbons (Fsp3) is 0.188. The first kappa shape index (κ1) is 13.9. The van der Waals surface area contributed by atoms with Gasteiger partial charge in [-0.1, -0.05) is 35.9 Å². The highest BCUT2D eigenvalue weighted by molar-refractivity contribution is 5.89. The summed E-state index contributed by atoms with van der Waals surface area (Å²) in [6.07, 6.45) is 0.812. The molecule has 0 aliphatic rings. The van der Waals surface area contributed by atoms with Crippen molar-refractivity contribution in [3.05, 3.63) is 59.7 Å². The highest BCUT2D eigenvalue weighted by atomic mass is 16.2. The smallest absolute Gasteiger partial charge is 0.319 e. The van der Waals surface area contributed by atoms with Gasteiger partial charge in [0, 0.05) is 17.9 Å². The Morgan fingerprint density at radius 2 is 1.95 bits per heavy atom. The van der Waals surface area contributed by atoms with Crippen LogP contribution < -0.4 is 16.4 Å². The van der Waals surface area contributed by atoms with Crippen molar-refractivity contribution in [3.8, 4) is 0 Å². The van der Waals surface area contributed by atoms with E-state index in [-0.39, 0.29) is 6.03 Å². The van der Waals surface area contributed by atoms with E-state index in [0.717, 1.165) is 6.42 Å². The van der Waals surface area contributed by atoms with Crippen molar-refractivity contribution >= 4 is 17.4 Å². The van der Waals surface area contributed by atoms with Crippen molar-refractivity contribution in [3.63, 3.8) is 0 Å². The summed E-state index contributed by atoms with van der Waals surface area (Å²) < 4.78 is 0. The summed E-state index contributed by atoms with van der Waals surface area (Å²) in [7, 11) is 0. The molecule has 2 amide bonds. The number of carbonyl (C=O) groups is 1. The normalized spacial score (nSPS) is 10.1. The van der Waals surface area contributed by atoms with Crippen molar-refractivity contribution in [2.45, 2.75) is 13.3 Å². The van der Waals surface area contributed by atoms with E-state index in [9.17, 15) is 4.79 Å². The summed E-state index contributed by atoms with van der Waals surface area (Å²) in [4.78, 5) is 11.7. The molecule has 4 heteroatoms. The molecule has 0 aliphatic carbocycles. The Bertz CT molecular complexity index is 596. The predicted octanol–water partition coefficient (Wildman–Crippen LogP) is 2.94. The monoisotopic (exact) mass is 269 g/mol. The third-order valence-electron chi connectivity index (χ3n) is 2.93. The van der Waals surface area contributed by atoms with E-state index in [4.69, 9.17) is 5.73 Å². The number of rotatable bonds is 4. The Labute approximate surface area is 119 Å². The first-order valence-electron chi connectivity index (χ1n) is 6.59. The van der Waals surface area contributed by atoms with Gasteiger partial charge in [0.25, 0.3) is 0 Å². The first-order chi connectivity index (χ1) is 9.63. The van der Waals surface area contributed by atoms with Gasteiger partial charge in [-0.25, -0.2) is 4.79 Å². The molecule has 0 unspecified atom stereocenters. The minimum atomic E-state index is -0.219. The number of nitrogens with one attached hydrogen (secondary N) is 2. The second-order valence-electron chi connectivity index (χ2n) is 4.75. The third kappa shape index (κ3) is 4.31. The molecule has 2 aromatic carbocycles. The molecule has 4 nitrogen and oxygen atoms in total. The molecule has 0 aromatic heterocycles. The number of hydrogen-bond acceptors (Lipinski definition) is 2. The van der Waals surface area contributed by atoms with E-state index >= 15 is 0 Å². The van der Waals surface area contributed by atoms with Gasteiger partial charge >= 0.3 is 6.03 Å². The van der Waals surface area contributed by atoms with Crippen LogP contribution in [-0.4, -0.2) is 12.6 Å². The van der Waals surface area contributed by atoms with Crippen LogP contribution in [0.25, 0.3) is 0 Å². The molecule has 0 radical (unpaired) electrons. The van der Waals surface area contributed by atoms with E-state index in [1.54, 1.807) is 24.3 Å². The topological polar surface area (TPSA) is 67.2 Å². The summed E-state index contributed by atoms with van der Waals surface area (Å²) in [6.45, 7) is 2.65. The van der Waals surface area contributed by atoms with Gasteiger partial charge in [0.2, 0.25) is 0 Å². The van der Waals surface area contributed by atoms with Gasteiger partial charge in [-0.3, -0.25) is 0 Å². The maximum absolute atomic E-state index is 11.7. The molecular formula is C16H19N3O. The van der Waals surface area contributed by atoms with E-state index in [1.165, 1.54) is 11.1 Å². The third-order valence-corrected chi connectivity index (χ3v) is 2.93. The zero-order valence-electron chi connectivity index (χ0n) is 11.5. The molecule has 0 atom stereocenters.